The van der Waals surface area contributed by atoms with Crippen molar-refractivity contribution in [2.75, 3.05) is 0 Å². The van der Waals surface area contributed by atoms with Gasteiger partial charge in [0.25, 0.3) is 0 Å². The van der Waals surface area contributed by atoms with Gasteiger partial charge in [-0.3, -0.25) is 4.98 Å². The van der Waals surface area contributed by atoms with Crippen LogP contribution in [0.2, 0.25) is 0 Å². The fourth-order valence-electron chi connectivity index (χ4n) is 3.68. The van der Waals surface area contributed by atoms with Crippen molar-refractivity contribution in [3.8, 4) is 0 Å². The van der Waals surface area contributed by atoms with Crippen LogP contribution in [-0.4, -0.2) is 4.98 Å². The van der Waals surface area contributed by atoms with Crippen molar-refractivity contribution in [2.45, 2.75) is 84.0 Å². The van der Waals surface area contributed by atoms with Crippen LogP contribution in [0, 0.1) is 0 Å². The van der Waals surface area contributed by atoms with E-state index < -0.39 is 0 Å². The van der Waals surface area contributed by atoms with Crippen LogP contribution in [0.4, 0.5) is 0 Å². The minimum absolute atomic E-state index is 0.319. The number of hydrogen-bond acceptors (Lipinski definition) is 1. The van der Waals surface area contributed by atoms with E-state index in [1.54, 1.807) is 16.7 Å². The van der Waals surface area contributed by atoms with E-state index in [1.807, 2.05) is 0 Å². The van der Waals surface area contributed by atoms with E-state index in [-0.39, 0.29) is 0 Å². The number of fused-ring (bicyclic) bond motifs is 1. The first-order chi connectivity index (χ1) is 9.08. The van der Waals surface area contributed by atoms with Crippen molar-refractivity contribution < 1.29 is 0 Å². The quantitative estimate of drug-likeness (QED) is 0.762. The summed E-state index contributed by atoms with van der Waals surface area (Å²) >= 11 is 0. The highest BCUT2D eigenvalue weighted by atomic mass is 14.7. The topological polar surface area (TPSA) is 12.9 Å². The third-order valence-corrected chi connectivity index (χ3v) is 5.22. The molecule has 2 aliphatic rings. The molecule has 1 nitrogen and oxygen atoms in total. The number of pyridine rings is 1. The molecule has 0 aromatic carbocycles. The van der Waals surface area contributed by atoms with Crippen molar-refractivity contribution in [1.29, 1.82) is 0 Å². The molecular weight excluding hydrogens is 230 g/mol. The Morgan fingerprint density at radius 1 is 1.16 bits per heavy atom. The van der Waals surface area contributed by atoms with E-state index in [0.717, 1.165) is 12.3 Å². The Bertz CT molecular complexity index is 495. The molecule has 0 spiro atoms. The summed E-state index contributed by atoms with van der Waals surface area (Å²) in [6, 6.07) is 0. The molecule has 0 bridgehead atoms. The molecule has 3 rings (SSSR count). The van der Waals surface area contributed by atoms with Gasteiger partial charge >= 0.3 is 0 Å². The van der Waals surface area contributed by atoms with Crippen molar-refractivity contribution in [1.82, 2.24) is 4.98 Å². The minimum atomic E-state index is 0.319. The van der Waals surface area contributed by atoms with Gasteiger partial charge in [0.1, 0.15) is 0 Å². The molecule has 0 N–H and O–H groups in total. The van der Waals surface area contributed by atoms with Crippen LogP contribution in [0.5, 0.6) is 0 Å². The highest BCUT2D eigenvalue weighted by molar-refractivity contribution is 5.49. The Morgan fingerprint density at radius 3 is 2.47 bits per heavy atom. The fourth-order valence-corrected chi connectivity index (χ4v) is 3.68. The smallest absolute Gasteiger partial charge is 0.0442 e. The molecule has 1 fully saturated rings. The Balaban J connectivity index is 2.26. The number of hydrogen-bond donors (Lipinski definition) is 0. The Hall–Kier alpha value is -0.850. The van der Waals surface area contributed by atoms with E-state index >= 15 is 0 Å². The lowest BCUT2D eigenvalue weighted by Gasteiger charge is -2.31. The Kier molecular flexibility index (Phi) is 3.19. The summed E-state index contributed by atoms with van der Waals surface area (Å²) in [4.78, 5) is 5.04. The van der Waals surface area contributed by atoms with Crippen molar-refractivity contribution >= 4 is 0 Å². The molecule has 1 saturated carbocycles. The molecule has 0 radical (unpaired) electrons. The van der Waals surface area contributed by atoms with E-state index in [4.69, 9.17) is 4.98 Å². The summed E-state index contributed by atoms with van der Waals surface area (Å²) in [6.45, 7) is 9.49. The van der Waals surface area contributed by atoms with Gasteiger partial charge in [0, 0.05) is 11.4 Å². The zero-order valence-electron chi connectivity index (χ0n) is 13.0. The fraction of sp³-hybridized carbons (Fsp3) is 0.722. The van der Waals surface area contributed by atoms with Gasteiger partial charge in [0.15, 0.2) is 0 Å². The molecule has 0 unspecified atom stereocenters. The molecule has 0 atom stereocenters. The molecule has 1 aromatic heterocycles. The van der Waals surface area contributed by atoms with Gasteiger partial charge in [-0.1, -0.05) is 27.7 Å². The van der Waals surface area contributed by atoms with Crippen molar-refractivity contribution in [3.05, 3.63) is 28.1 Å². The standard InChI is InChI=1S/C18H27N/c1-5-14-16(12-10-11-12)17(18(3,4)6-2)13-8-7-9-15(13)19-14/h12H,5-11H2,1-4H3. The molecule has 2 aliphatic carbocycles. The molecule has 1 heterocycles. The second kappa shape index (κ2) is 4.61. The highest BCUT2D eigenvalue weighted by Gasteiger charge is 2.37. The maximum atomic E-state index is 5.04. The van der Waals surface area contributed by atoms with E-state index in [2.05, 4.69) is 27.7 Å². The average Bonchev–Trinajstić information content (AvgIpc) is 3.14. The van der Waals surface area contributed by atoms with E-state index in [1.165, 1.54) is 49.9 Å². The molecule has 0 aliphatic heterocycles. The molecule has 19 heavy (non-hydrogen) atoms. The SMILES string of the molecule is CCc1nc2c(c(C(C)(C)CC)c1C1CC1)CCC2. The molecule has 0 saturated heterocycles. The summed E-state index contributed by atoms with van der Waals surface area (Å²) in [6.07, 6.45) is 8.90. The summed E-state index contributed by atoms with van der Waals surface area (Å²) in [5.41, 5.74) is 8.16. The van der Waals surface area contributed by atoms with Gasteiger partial charge in [0.2, 0.25) is 0 Å². The molecule has 104 valence electrons. The second-order valence-electron chi connectivity index (χ2n) is 6.99. The molecule has 1 heteroatoms. The van der Waals surface area contributed by atoms with Crippen LogP contribution >= 0.6 is 0 Å². The van der Waals surface area contributed by atoms with E-state index in [0.29, 0.717) is 5.41 Å². The first-order valence-electron chi connectivity index (χ1n) is 8.13. The summed E-state index contributed by atoms with van der Waals surface area (Å²) in [5.74, 6) is 0.828. The highest BCUT2D eigenvalue weighted by Crippen LogP contribution is 2.49. The lowest BCUT2D eigenvalue weighted by molar-refractivity contribution is 0.494. The summed E-state index contributed by atoms with van der Waals surface area (Å²) in [7, 11) is 0. The molecular formula is C18H27N. The zero-order valence-corrected chi connectivity index (χ0v) is 13.0. The zero-order chi connectivity index (χ0) is 13.6. The largest absolute Gasteiger partial charge is 0.257 e. The summed E-state index contributed by atoms with van der Waals surface area (Å²) in [5, 5.41) is 0. The van der Waals surface area contributed by atoms with Gasteiger partial charge in [0.05, 0.1) is 0 Å². The monoisotopic (exact) mass is 257 g/mol. The first kappa shape index (κ1) is 13.1. The van der Waals surface area contributed by atoms with Gasteiger partial charge in [-0.05, 0) is 73.0 Å². The van der Waals surface area contributed by atoms with Crippen LogP contribution in [0.1, 0.15) is 87.4 Å². The normalized spacial score (nSPS) is 18.7. The Morgan fingerprint density at radius 2 is 1.89 bits per heavy atom. The number of nitrogens with zero attached hydrogens (tertiary/aromatic N) is 1. The van der Waals surface area contributed by atoms with Gasteiger partial charge in [-0.15, -0.1) is 0 Å². The molecule has 0 amide bonds. The number of rotatable bonds is 4. The first-order valence-corrected chi connectivity index (χ1v) is 8.13. The predicted molar refractivity (Wildman–Crippen MR) is 80.9 cm³/mol. The number of aryl methyl sites for hydroxylation is 2. The Labute approximate surface area is 117 Å². The van der Waals surface area contributed by atoms with Crippen LogP contribution in [0.15, 0.2) is 0 Å². The van der Waals surface area contributed by atoms with Gasteiger partial charge < -0.3 is 0 Å². The lowest BCUT2D eigenvalue weighted by Crippen LogP contribution is -2.22. The van der Waals surface area contributed by atoms with Gasteiger partial charge in [-0.2, -0.15) is 0 Å². The van der Waals surface area contributed by atoms with E-state index in [9.17, 15) is 0 Å². The van der Waals surface area contributed by atoms with Crippen LogP contribution in [0.25, 0.3) is 0 Å². The van der Waals surface area contributed by atoms with Crippen molar-refractivity contribution in [2.24, 2.45) is 0 Å². The molecule has 1 aromatic rings. The number of aromatic nitrogens is 1. The summed E-state index contributed by atoms with van der Waals surface area (Å²) < 4.78 is 0. The average molecular weight is 257 g/mol. The maximum absolute atomic E-state index is 5.04. The third kappa shape index (κ3) is 2.11. The lowest BCUT2D eigenvalue weighted by atomic mass is 9.75. The second-order valence-corrected chi connectivity index (χ2v) is 6.99. The van der Waals surface area contributed by atoms with Crippen LogP contribution in [-0.2, 0) is 24.7 Å². The minimum Gasteiger partial charge on any atom is -0.257 e. The van der Waals surface area contributed by atoms with Crippen LogP contribution in [0.3, 0.4) is 0 Å². The van der Waals surface area contributed by atoms with Gasteiger partial charge in [-0.25, -0.2) is 0 Å². The van der Waals surface area contributed by atoms with Crippen molar-refractivity contribution in [3.63, 3.8) is 0 Å². The maximum Gasteiger partial charge on any atom is 0.0442 e. The van der Waals surface area contributed by atoms with Crippen LogP contribution < -0.4 is 0 Å². The predicted octanol–water partition coefficient (Wildman–Crippen LogP) is 4.70. The third-order valence-electron chi connectivity index (χ3n) is 5.22.